The molecule has 0 saturated carbocycles. The Kier molecular flexibility index (Phi) is 7.17. The summed E-state index contributed by atoms with van der Waals surface area (Å²) in [6.45, 7) is 6.43. The third-order valence-electron chi connectivity index (χ3n) is 4.84. The Hall–Kier alpha value is -3.92. The van der Waals surface area contributed by atoms with E-state index in [1.54, 1.807) is 35.0 Å². The minimum absolute atomic E-state index is 0.160. The highest BCUT2D eigenvalue weighted by Gasteiger charge is 2.38. The van der Waals surface area contributed by atoms with Crippen LogP contribution in [0.15, 0.2) is 72.4 Å². The van der Waals surface area contributed by atoms with Crippen LogP contribution in [0.1, 0.15) is 24.5 Å². The zero-order valence-electron chi connectivity index (χ0n) is 17.4. The number of ether oxygens (including phenoxy) is 1. The van der Waals surface area contributed by atoms with Gasteiger partial charge in [0.15, 0.2) is 0 Å². The van der Waals surface area contributed by atoms with Gasteiger partial charge in [-0.1, -0.05) is 36.4 Å². The number of para-hydroxylation sites is 1. The van der Waals surface area contributed by atoms with Crippen LogP contribution in [0.25, 0.3) is 0 Å². The SMILES string of the molecule is C=CCN(Cc1ccc(C#N)cc1)C(=O)C1CC(C(=O)OCC)=NN1c1ccccc1. The number of anilines is 1. The van der Waals surface area contributed by atoms with Gasteiger partial charge in [0.2, 0.25) is 5.91 Å². The predicted molar refractivity (Wildman–Crippen MR) is 118 cm³/mol. The molecule has 1 aliphatic heterocycles. The molecule has 2 aromatic rings. The maximum absolute atomic E-state index is 13.5. The van der Waals surface area contributed by atoms with Crippen LogP contribution in [-0.2, 0) is 20.9 Å². The molecule has 0 N–H and O–H groups in total. The number of amides is 1. The minimum atomic E-state index is -0.667. The Morgan fingerprint density at radius 3 is 2.58 bits per heavy atom. The first-order valence-corrected chi connectivity index (χ1v) is 10.0. The van der Waals surface area contributed by atoms with E-state index in [-0.39, 0.29) is 24.6 Å². The second-order valence-electron chi connectivity index (χ2n) is 6.98. The van der Waals surface area contributed by atoms with E-state index in [0.29, 0.717) is 18.7 Å². The quantitative estimate of drug-likeness (QED) is 0.487. The first kappa shape index (κ1) is 21.8. The third kappa shape index (κ3) is 5.17. The number of nitriles is 1. The molecule has 0 bridgehead atoms. The van der Waals surface area contributed by atoms with Crippen molar-refractivity contribution in [1.82, 2.24) is 4.90 Å². The minimum Gasteiger partial charge on any atom is -0.461 e. The van der Waals surface area contributed by atoms with Crippen LogP contribution in [0, 0.1) is 11.3 Å². The van der Waals surface area contributed by atoms with E-state index in [9.17, 15) is 9.59 Å². The van der Waals surface area contributed by atoms with Crippen LogP contribution in [0.5, 0.6) is 0 Å². The number of hydrogen-bond acceptors (Lipinski definition) is 6. The normalized spacial score (nSPS) is 15.0. The van der Waals surface area contributed by atoms with E-state index in [0.717, 1.165) is 11.3 Å². The number of hydrazone groups is 1. The molecule has 1 atom stereocenters. The number of rotatable bonds is 8. The van der Waals surface area contributed by atoms with Crippen molar-refractivity contribution >= 4 is 23.3 Å². The van der Waals surface area contributed by atoms with Crippen molar-refractivity contribution in [3.05, 3.63) is 78.4 Å². The summed E-state index contributed by atoms with van der Waals surface area (Å²) >= 11 is 0. The Labute approximate surface area is 181 Å². The van der Waals surface area contributed by atoms with Crippen LogP contribution in [0.4, 0.5) is 5.69 Å². The molecule has 3 rings (SSSR count). The van der Waals surface area contributed by atoms with Gasteiger partial charge in [0.1, 0.15) is 11.8 Å². The van der Waals surface area contributed by atoms with Crippen molar-refractivity contribution < 1.29 is 14.3 Å². The largest absolute Gasteiger partial charge is 0.461 e. The zero-order chi connectivity index (χ0) is 22.2. The summed E-state index contributed by atoms with van der Waals surface area (Å²) in [6, 6.07) is 17.8. The summed E-state index contributed by atoms with van der Waals surface area (Å²) in [5, 5.41) is 15.0. The van der Waals surface area contributed by atoms with Gasteiger partial charge in [0.05, 0.1) is 23.9 Å². The molecule has 1 unspecified atom stereocenters. The maximum atomic E-state index is 13.5. The molecule has 158 valence electrons. The highest BCUT2D eigenvalue weighted by Crippen LogP contribution is 2.26. The van der Waals surface area contributed by atoms with E-state index in [1.165, 1.54) is 0 Å². The number of benzene rings is 2. The fourth-order valence-electron chi connectivity index (χ4n) is 3.36. The molecule has 31 heavy (non-hydrogen) atoms. The van der Waals surface area contributed by atoms with Crippen molar-refractivity contribution in [2.75, 3.05) is 18.2 Å². The number of carbonyl (C=O) groups excluding carboxylic acids is 2. The van der Waals surface area contributed by atoms with Crippen LogP contribution in [0.2, 0.25) is 0 Å². The van der Waals surface area contributed by atoms with Gasteiger partial charge in [-0.05, 0) is 36.8 Å². The molecule has 0 radical (unpaired) electrons. The molecule has 1 heterocycles. The van der Waals surface area contributed by atoms with Crippen molar-refractivity contribution in [2.24, 2.45) is 5.10 Å². The summed E-state index contributed by atoms with van der Waals surface area (Å²) in [5.74, 6) is -0.683. The van der Waals surface area contributed by atoms with E-state index < -0.39 is 12.0 Å². The Balaban J connectivity index is 1.86. The van der Waals surface area contributed by atoms with Gasteiger partial charge in [-0.15, -0.1) is 6.58 Å². The Morgan fingerprint density at radius 1 is 1.26 bits per heavy atom. The molecule has 1 amide bonds. The molecule has 0 spiro atoms. The predicted octanol–water partition coefficient (Wildman–Crippen LogP) is 3.27. The number of carbonyl (C=O) groups is 2. The molecule has 7 nitrogen and oxygen atoms in total. The molecular weight excluding hydrogens is 392 g/mol. The molecule has 0 aliphatic carbocycles. The summed E-state index contributed by atoms with van der Waals surface area (Å²) in [7, 11) is 0. The first-order valence-electron chi connectivity index (χ1n) is 10.0. The van der Waals surface area contributed by atoms with Gasteiger partial charge in [-0.2, -0.15) is 10.4 Å². The third-order valence-corrected chi connectivity index (χ3v) is 4.84. The van der Waals surface area contributed by atoms with Crippen LogP contribution < -0.4 is 5.01 Å². The van der Waals surface area contributed by atoms with Gasteiger partial charge in [-0.25, -0.2) is 4.79 Å². The number of esters is 1. The lowest BCUT2D eigenvalue weighted by Gasteiger charge is -2.29. The second-order valence-corrected chi connectivity index (χ2v) is 6.98. The zero-order valence-corrected chi connectivity index (χ0v) is 17.4. The topological polar surface area (TPSA) is 86.0 Å². The van der Waals surface area contributed by atoms with Gasteiger partial charge in [-0.3, -0.25) is 9.80 Å². The summed E-state index contributed by atoms with van der Waals surface area (Å²) in [6.07, 6.45) is 1.82. The molecule has 1 aliphatic rings. The molecule has 2 aromatic carbocycles. The summed E-state index contributed by atoms with van der Waals surface area (Å²) < 4.78 is 5.10. The van der Waals surface area contributed by atoms with Crippen LogP contribution in [-0.4, -0.2) is 41.7 Å². The summed E-state index contributed by atoms with van der Waals surface area (Å²) in [5.41, 5.74) is 2.40. The fourth-order valence-corrected chi connectivity index (χ4v) is 3.36. The van der Waals surface area contributed by atoms with Crippen molar-refractivity contribution in [1.29, 1.82) is 5.26 Å². The average molecular weight is 416 g/mol. The van der Waals surface area contributed by atoms with Crippen LogP contribution >= 0.6 is 0 Å². The van der Waals surface area contributed by atoms with Crippen molar-refractivity contribution in [3.63, 3.8) is 0 Å². The van der Waals surface area contributed by atoms with Crippen molar-refractivity contribution in [3.8, 4) is 6.07 Å². The van der Waals surface area contributed by atoms with Crippen LogP contribution in [0.3, 0.4) is 0 Å². The van der Waals surface area contributed by atoms with E-state index in [1.807, 2.05) is 42.5 Å². The lowest BCUT2D eigenvalue weighted by Crippen LogP contribution is -2.45. The Bertz CT molecular complexity index is 1010. The van der Waals surface area contributed by atoms with Crippen molar-refractivity contribution in [2.45, 2.75) is 25.9 Å². The maximum Gasteiger partial charge on any atom is 0.354 e. The fraction of sp³-hybridized carbons (Fsp3) is 0.250. The molecule has 0 saturated heterocycles. The standard InChI is InChI=1S/C24H24N4O3/c1-3-14-27(17-19-12-10-18(16-25)11-13-19)23(29)22-15-21(24(30)31-4-2)26-28(22)20-8-6-5-7-9-20/h3,5-13,22H,1,4,14-15,17H2,2H3. The molecule has 0 aromatic heterocycles. The van der Waals surface area contributed by atoms with Gasteiger partial charge < -0.3 is 9.64 Å². The monoisotopic (exact) mass is 416 g/mol. The highest BCUT2D eigenvalue weighted by molar-refractivity contribution is 6.38. The second kappa shape index (κ2) is 10.2. The number of hydrogen-bond donors (Lipinski definition) is 0. The molecule has 0 fully saturated rings. The van der Waals surface area contributed by atoms with Gasteiger partial charge in [0.25, 0.3) is 0 Å². The van der Waals surface area contributed by atoms with Gasteiger partial charge in [0, 0.05) is 19.5 Å². The van der Waals surface area contributed by atoms with Gasteiger partial charge >= 0.3 is 5.97 Å². The average Bonchev–Trinajstić information content (AvgIpc) is 3.25. The lowest BCUT2D eigenvalue weighted by molar-refractivity contribution is -0.135. The molecule has 7 heteroatoms. The Morgan fingerprint density at radius 2 is 1.97 bits per heavy atom. The smallest absolute Gasteiger partial charge is 0.354 e. The number of nitrogens with zero attached hydrogens (tertiary/aromatic N) is 4. The first-order chi connectivity index (χ1) is 15.1. The van der Waals surface area contributed by atoms with E-state index >= 15 is 0 Å². The lowest BCUT2D eigenvalue weighted by atomic mass is 10.1. The molecular formula is C24H24N4O3. The van der Waals surface area contributed by atoms with E-state index in [4.69, 9.17) is 10.00 Å². The highest BCUT2D eigenvalue weighted by atomic mass is 16.5. The summed E-state index contributed by atoms with van der Waals surface area (Å²) in [4.78, 5) is 27.5. The van der Waals surface area contributed by atoms with E-state index in [2.05, 4.69) is 17.7 Å².